The van der Waals surface area contributed by atoms with Crippen molar-refractivity contribution in [3.63, 3.8) is 0 Å². The molecule has 0 aliphatic carbocycles. The number of aliphatic hydroxyl groups is 1. The second-order valence-electron chi connectivity index (χ2n) is 19.6. The number of carbonyl (C=O) groups is 1. The zero-order valence-electron chi connectivity index (χ0n) is 42.3. The van der Waals surface area contributed by atoms with E-state index in [-0.39, 0.29) is 12.5 Å². The zero-order valence-corrected chi connectivity index (χ0v) is 43.2. The van der Waals surface area contributed by atoms with Gasteiger partial charge in [0.25, 0.3) is 7.82 Å². The molecule has 0 aliphatic rings. The average Bonchev–Trinajstić information content (AvgIpc) is 3.24. The summed E-state index contributed by atoms with van der Waals surface area (Å²) in [5, 5.41) is 13.8. The number of rotatable bonds is 49. The normalized spacial score (nSPS) is 14.3. The molecule has 2 N–H and O–H groups in total. The van der Waals surface area contributed by atoms with Crippen molar-refractivity contribution in [3.8, 4) is 0 Å². The van der Waals surface area contributed by atoms with Gasteiger partial charge in [-0.25, -0.2) is 0 Å². The molecular weight excluding hydrogens is 804 g/mol. The molecule has 0 aromatic carbocycles. The predicted octanol–water partition coefficient (Wildman–Crippen LogP) is 15.2. The number of hydrogen-bond donors (Lipinski definition) is 2. The topological polar surface area (TPSA) is 108 Å². The molecule has 0 rings (SSSR count). The first-order valence-corrected chi connectivity index (χ1v) is 28.3. The summed E-state index contributed by atoms with van der Waals surface area (Å²) >= 11 is 0. The van der Waals surface area contributed by atoms with Gasteiger partial charge in [0.15, 0.2) is 0 Å². The predicted molar refractivity (Wildman–Crippen MR) is 270 cm³/mol. The third-order valence-electron chi connectivity index (χ3n) is 12.1. The number of unbranched alkanes of at least 4 members (excludes halogenated alkanes) is 32. The van der Waals surface area contributed by atoms with Crippen LogP contribution in [-0.2, 0) is 18.4 Å². The Morgan fingerprint density at radius 1 is 0.540 bits per heavy atom. The molecule has 9 heteroatoms. The van der Waals surface area contributed by atoms with Crippen LogP contribution in [0.4, 0.5) is 0 Å². The van der Waals surface area contributed by atoms with E-state index in [4.69, 9.17) is 9.05 Å². The van der Waals surface area contributed by atoms with Crippen molar-refractivity contribution >= 4 is 13.7 Å². The average molecular weight is 909 g/mol. The van der Waals surface area contributed by atoms with Crippen molar-refractivity contribution in [2.24, 2.45) is 0 Å². The van der Waals surface area contributed by atoms with Crippen molar-refractivity contribution in [2.75, 3.05) is 40.9 Å². The number of quaternary nitrogens is 1. The molecular formula is C54H105N2O6P. The van der Waals surface area contributed by atoms with Crippen LogP contribution in [0, 0.1) is 0 Å². The SMILES string of the molecule is CCCCCCCCCCCC/C=C/CC/C=C/CC/C=C/C(O)C(COP(=O)([O-])OCC[N+](C)(C)C)NC(=O)CCCCCCCCCCCCCCCCCCCCCCC. The molecule has 372 valence electrons. The number of nitrogens with one attached hydrogen (secondary N) is 1. The summed E-state index contributed by atoms with van der Waals surface area (Å²) in [7, 11) is 1.24. The Morgan fingerprint density at radius 2 is 0.889 bits per heavy atom. The third kappa shape index (κ3) is 48.5. The molecule has 0 aromatic rings. The van der Waals surface area contributed by atoms with Crippen LogP contribution < -0.4 is 10.2 Å². The molecule has 0 aliphatic heterocycles. The molecule has 0 radical (unpaired) electrons. The van der Waals surface area contributed by atoms with Gasteiger partial charge in [-0.3, -0.25) is 9.36 Å². The molecule has 0 spiro atoms. The molecule has 0 aromatic heterocycles. The molecule has 1 amide bonds. The molecule has 0 saturated heterocycles. The lowest BCUT2D eigenvalue weighted by Crippen LogP contribution is -2.45. The summed E-state index contributed by atoms with van der Waals surface area (Å²) in [6, 6.07) is -0.907. The number of phosphoric acid groups is 1. The molecule has 0 bridgehead atoms. The quantitative estimate of drug-likeness (QED) is 0.0272. The van der Waals surface area contributed by atoms with Gasteiger partial charge >= 0.3 is 0 Å². The van der Waals surface area contributed by atoms with Crippen molar-refractivity contribution < 1.29 is 32.9 Å². The van der Waals surface area contributed by atoms with Crippen LogP contribution in [0.5, 0.6) is 0 Å². The molecule has 3 unspecified atom stereocenters. The van der Waals surface area contributed by atoms with Gasteiger partial charge < -0.3 is 28.8 Å². The lowest BCUT2D eigenvalue weighted by molar-refractivity contribution is -0.870. The summed E-state index contributed by atoms with van der Waals surface area (Å²) in [5.74, 6) is -0.207. The van der Waals surface area contributed by atoms with E-state index in [1.54, 1.807) is 6.08 Å². The fourth-order valence-corrected chi connectivity index (χ4v) is 8.56. The zero-order chi connectivity index (χ0) is 46.4. The van der Waals surface area contributed by atoms with Gasteiger partial charge in [0.05, 0.1) is 39.9 Å². The fraction of sp³-hybridized carbons (Fsp3) is 0.870. The van der Waals surface area contributed by atoms with Crippen LogP contribution in [0.3, 0.4) is 0 Å². The van der Waals surface area contributed by atoms with Gasteiger partial charge in [-0.2, -0.15) is 0 Å². The monoisotopic (exact) mass is 909 g/mol. The number of nitrogens with zero attached hydrogens (tertiary/aromatic N) is 1. The number of carbonyl (C=O) groups excluding carboxylic acids is 1. The first-order valence-electron chi connectivity index (χ1n) is 26.9. The van der Waals surface area contributed by atoms with Gasteiger partial charge in [-0.1, -0.05) is 237 Å². The summed E-state index contributed by atoms with van der Waals surface area (Å²) in [6.45, 7) is 4.65. The minimum Gasteiger partial charge on any atom is -0.756 e. The largest absolute Gasteiger partial charge is 0.756 e. The summed E-state index contributed by atoms with van der Waals surface area (Å²) in [6.07, 6.45) is 57.8. The van der Waals surface area contributed by atoms with Crippen LogP contribution >= 0.6 is 7.82 Å². The van der Waals surface area contributed by atoms with E-state index in [9.17, 15) is 19.4 Å². The van der Waals surface area contributed by atoms with E-state index in [2.05, 4.69) is 43.5 Å². The van der Waals surface area contributed by atoms with Crippen LogP contribution in [0.2, 0.25) is 0 Å². The van der Waals surface area contributed by atoms with Crippen molar-refractivity contribution in [1.82, 2.24) is 5.32 Å². The fourth-order valence-electron chi connectivity index (χ4n) is 7.83. The number of aliphatic hydroxyl groups excluding tert-OH is 1. The highest BCUT2D eigenvalue weighted by Gasteiger charge is 2.23. The van der Waals surface area contributed by atoms with Gasteiger partial charge in [-0.15, -0.1) is 0 Å². The van der Waals surface area contributed by atoms with Crippen LogP contribution in [0.25, 0.3) is 0 Å². The van der Waals surface area contributed by atoms with Gasteiger partial charge in [-0.05, 0) is 44.9 Å². The molecule has 0 heterocycles. The van der Waals surface area contributed by atoms with E-state index in [0.717, 1.165) is 44.9 Å². The second kappa shape index (κ2) is 45.9. The molecule has 0 fully saturated rings. The summed E-state index contributed by atoms with van der Waals surface area (Å²) in [5.41, 5.74) is 0. The Balaban J connectivity index is 4.33. The molecule has 3 atom stereocenters. The van der Waals surface area contributed by atoms with Crippen molar-refractivity contribution in [1.29, 1.82) is 0 Å². The third-order valence-corrected chi connectivity index (χ3v) is 13.0. The smallest absolute Gasteiger partial charge is 0.268 e. The minimum absolute atomic E-state index is 0.00750. The maximum Gasteiger partial charge on any atom is 0.268 e. The van der Waals surface area contributed by atoms with Gasteiger partial charge in [0.2, 0.25) is 5.91 Å². The molecule has 8 nitrogen and oxygen atoms in total. The van der Waals surface area contributed by atoms with Gasteiger partial charge in [0, 0.05) is 6.42 Å². The number of likely N-dealkylation sites (N-methyl/N-ethyl adjacent to an activating group) is 1. The lowest BCUT2D eigenvalue weighted by atomic mass is 10.0. The van der Waals surface area contributed by atoms with Crippen molar-refractivity contribution in [2.45, 2.75) is 264 Å². The minimum atomic E-state index is -4.60. The van der Waals surface area contributed by atoms with E-state index < -0.39 is 26.6 Å². The maximum atomic E-state index is 12.9. The number of amides is 1. The number of allylic oxidation sites excluding steroid dienone is 5. The van der Waals surface area contributed by atoms with E-state index >= 15 is 0 Å². The van der Waals surface area contributed by atoms with Gasteiger partial charge in [0.1, 0.15) is 13.2 Å². The Bertz CT molecular complexity index is 1120. The van der Waals surface area contributed by atoms with Crippen LogP contribution in [0.1, 0.15) is 251 Å². The van der Waals surface area contributed by atoms with E-state index in [1.165, 1.54) is 186 Å². The summed E-state index contributed by atoms with van der Waals surface area (Å²) < 4.78 is 23.3. The standard InChI is InChI=1S/C54H105N2O6P/c1-6-8-10-12-14-16-18-20-22-24-26-28-30-32-34-36-38-40-42-44-46-48-54(58)55-52(51-62-63(59,60)61-50-49-56(3,4)5)53(57)47-45-43-41-39-37-35-33-31-29-27-25-23-21-19-17-15-13-11-9-7-2/h29,31,37,39,45,47,52-53,57H,6-28,30,32-36,38,40-44,46,48-51H2,1-5H3,(H-,55,58,59,60)/b31-29+,39-37+,47-45+. The maximum absolute atomic E-state index is 12.9. The Morgan fingerprint density at radius 3 is 1.29 bits per heavy atom. The number of phosphoric ester groups is 1. The Hall–Kier alpha value is -1.28. The van der Waals surface area contributed by atoms with E-state index in [1.807, 2.05) is 27.2 Å². The highest BCUT2D eigenvalue weighted by Crippen LogP contribution is 2.38. The van der Waals surface area contributed by atoms with E-state index in [0.29, 0.717) is 17.4 Å². The molecule has 63 heavy (non-hydrogen) atoms. The van der Waals surface area contributed by atoms with Crippen LogP contribution in [0.15, 0.2) is 36.5 Å². The highest BCUT2D eigenvalue weighted by atomic mass is 31.2. The Labute approximate surface area is 391 Å². The molecule has 0 saturated carbocycles. The Kier molecular flexibility index (Phi) is 44.9. The number of hydrogen-bond acceptors (Lipinski definition) is 6. The van der Waals surface area contributed by atoms with Crippen LogP contribution in [-0.4, -0.2) is 68.5 Å². The van der Waals surface area contributed by atoms with Crippen molar-refractivity contribution in [3.05, 3.63) is 36.5 Å². The lowest BCUT2D eigenvalue weighted by Gasteiger charge is -2.29. The summed E-state index contributed by atoms with van der Waals surface area (Å²) in [4.78, 5) is 25.4. The second-order valence-corrected chi connectivity index (χ2v) is 21.0. The first-order chi connectivity index (χ1) is 30.5. The first kappa shape index (κ1) is 61.7. The highest BCUT2D eigenvalue weighted by molar-refractivity contribution is 7.45.